The molecule has 3 amide bonds. The van der Waals surface area contributed by atoms with Gasteiger partial charge in [0.25, 0.3) is 22.2 Å². The first kappa shape index (κ1) is 104. The smallest absolute Gasteiger partial charge is 0.870 e. The van der Waals surface area contributed by atoms with E-state index in [1.165, 1.54) is 22.3 Å². The summed E-state index contributed by atoms with van der Waals surface area (Å²) in [5, 5.41) is 75.0. The number of aromatic hydroxyl groups is 4. The number of nitrogens with one attached hydrogen (secondary N) is 8. The molecule has 46 heteroatoms. The minimum Gasteiger partial charge on any atom is -0.870 e. The molecule has 660 valence electrons. The second-order valence-corrected chi connectivity index (χ2v) is 26.5. The number of hydrogen-bond acceptors (Lipinski definition) is 27. The van der Waals surface area contributed by atoms with Gasteiger partial charge < -0.3 is 66.5 Å². The van der Waals surface area contributed by atoms with Gasteiger partial charge in [-0.25, -0.2) is 48.1 Å². The maximum atomic E-state index is 13.5. The van der Waals surface area contributed by atoms with E-state index in [0.717, 1.165) is 88.5 Å². The van der Waals surface area contributed by atoms with E-state index < -0.39 is 91.9 Å². The number of phenols is 4. The number of phenolic OH excluding ortho intramolecular Hbond substituents is 4. The molecule has 4 aromatic carbocycles. The van der Waals surface area contributed by atoms with Crippen molar-refractivity contribution in [3.05, 3.63) is 255 Å². The van der Waals surface area contributed by atoms with Gasteiger partial charge in [-0.3, -0.25) is 82.4 Å². The van der Waals surface area contributed by atoms with Crippen LogP contribution in [0.4, 0.5) is 28.0 Å². The first-order chi connectivity index (χ1) is 57.3. The van der Waals surface area contributed by atoms with Crippen molar-refractivity contribution in [3.63, 3.8) is 0 Å². The molecule has 2 fully saturated rings. The van der Waals surface area contributed by atoms with Crippen molar-refractivity contribution in [1.82, 2.24) is 73.4 Å². The fraction of sp³-hybridized carbons (Fsp3) is 0.351. The number of ether oxygens (including phenoxy) is 2. The number of aliphatic hydroxyl groups excluding tert-OH is 1. The zero-order valence-corrected chi connectivity index (χ0v) is 70.2. The van der Waals surface area contributed by atoms with E-state index in [2.05, 4.69) is 41.4 Å². The number of aliphatic carboxylic acids is 1. The number of amides is 3. The number of aromatic amines is 6. The number of carboxylic acid groups (broad SMARTS) is 1. The Balaban J connectivity index is 0.000000421. The zero-order chi connectivity index (χ0) is 90.1. The van der Waals surface area contributed by atoms with Crippen LogP contribution in [0.5, 0.6) is 23.0 Å². The average molecular weight is 1740 g/mol. The van der Waals surface area contributed by atoms with E-state index >= 15 is 0 Å². The zero-order valence-electron chi connectivity index (χ0n) is 68.2. The van der Waals surface area contributed by atoms with Gasteiger partial charge in [0.2, 0.25) is 29.2 Å². The summed E-state index contributed by atoms with van der Waals surface area (Å²) in [5.74, 6) is -7.05. The van der Waals surface area contributed by atoms with Crippen molar-refractivity contribution in [2.45, 2.75) is 105 Å². The molecule has 0 aliphatic carbocycles. The second-order valence-electron chi connectivity index (χ2n) is 26.5. The molecular formula is C77H95F4N18NaO23. The minimum absolute atomic E-state index is 0. The monoisotopic (exact) mass is 1740 g/mol. The maximum absolute atomic E-state index is 13.5. The first-order valence-electron chi connectivity index (χ1n) is 37.0. The van der Waals surface area contributed by atoms with Crippen molar-refractivity contribution >= 4 is 41.4 Å². The van der Waals surface area contributed by atoms with Crippen LogP contribution < -0.4 is 96.2 Å². The molecule has 0 atom stereocenters. The van der Waals surface area contributed by atoms with Gasteiger partial charge in [-0.05, 0) is 84.3 Å². The molecule has 0 spiro atoms. The Hall–Kier alpha value is -13.2. The molecule has 9 aromatic rings. The quantitative estimate of drug-likeness (QED) is 0.00984. The Morgan fingerprint density at radius 2 is 1.04 bits per heavy atom. The minimum atomic E-state index is -1.12. The van der Waals surface area contributed by atoms with Gasteiger partial charge in [-0.2, -0.15) is 22.7 Å². The summed E-state index contributed by atoms with van der Waals surface area (Å²) in [5.41, 5.74) is 2.60. The van der Waals surface area contributed by atoms with Crippen LogP contribution >= 0.6 is 0 Å². The number of aryl methyl sites for hydroxylation is 3. The van der Waals surface area contributed by atoms with Crippen LogP contribution in [0.25, 0.3) is 17.1 Å². The number of nitrogens with two attached hydrogens (primary N) is 1. The summed E-state index contributed by atoms with van der Waals surface area (Å²) < 4.78 is 64.1. The Morgan fingerprint density at radius 1 is 0.593 bits per heavy atom. The molecule has 123 heavy (non-hydrogen) atoms. The Kier molecular flexibility index (Phi) is 42.9. The number of aromatic nitrogens is 11. The van der Waals surface area contributed by atoms with Crippen LogP contribution in [-0.4, -0.2) is 213 Å². The third-order valence-corrected chi connectivity index (χ3v) is 17.4. The summed E-state index contributed by atoms with van der Waals surface area (Å²) in [6.45, 7) is 22.2. The summed E-state index contributed by atoms with van der Waals surface area (Å²) in [6, 6.07) is 19.4. The molecule has 0 saturated carbocycles. The Bertz CT molecular complexity index is 5650. The third-order valence-electron chi connectivity index (χ3n) is 17.4. The predicted octanol–water partition coefficient (Wildman–Crippen LogP) is -0.824. The van der Waals surface area contributed by atoms with Crippen LogP contribution in [0, 0.1) is 28.7 Å². The normalized spacial score (nSPS) is 12.1. The molecule has 41 nitrogen and oxygen atoms in total. The van der Waals surface area contributed by atoms with E-state index in [9.17, 15) is 105 Å². The molecule has 11 rings (SSSR count). The Morgan fingerprint density at radius 3 is 1.48 bits per heavy atom. The van der Waals surface area contributed by atoms with Crippen molar-refractivity contribution < 1.29 is 117 Å². The molecule has 2 aliphatic rings. The molecule has 2 saturated heterocycles. The van der Waals surface area contributed by atoms with Gasteiger partial charge in [-0.15, -0.1) is 0 Å². The number of aliphatic hydroxyl groups is 1. The number of nitrogens with zero attached hydrogens (tertiary/aromatic N) is 9. The number of benzene rings is 4. The number of hydrogen-bond donors (Lipinski definition) is 15. The summed E-state index contributed by atoms with van der Waals surface area (Å²) in [7, 11) is 1.00. The van der Waals surface area contributed by atoms with Crippen LogP contribution in [0.2, 0.25) is 0 Å². The molecule has 0 unspecified atom stereocenters. The van der Waals surface area contributed by atoms with Gasteiger partial charge >= 0.3 is 81.9 Å². The molecule has 7 heterocycles. The number of rotatable bonds is 22. The summed E-state index contributed by atoms with van der Waals surface area (Å²) in [4.78, 5) is 172. The molecule has 2 aliphatic heterocycles. The molecule has 17 N–H and O–H groups in total. The van der Waals surface area contributed by atoms with Crippen LogP contribution in [0.3, 0.4) is 0 Å². The fourth-order valence-corrected chi connectivity index (χ4v) is 11.3. The Labute approximate surface area is 717 Å². The number of halogens is 4. The van der Waals surface area contributed by atoms with E-state index in [-0.39, 0.29) is 139 Å². The second kappa shape index (κ2) is 50.8. The number of piperazine rings is 2. The summed E-state index contributed by atoms with van der Waals surface area (Å²) >= 11 is 0. The van der Waals surface area contributed by atoms with Crippen LogP contribution in [-0.2, 0) is 61.4 Å². The average Bonchev–Trinajstić information content (AvgIpc) is 1.67. The first-order valence-corrected chi connectivity index (χ1v) is 37.0. The molecule has 0 radical (unpaired) electrons. The number of carbonyl (C=O) groups excluding carboxylic acids is 4. The number of anilines is 1. The van der Waals surface area contributed by atoms with Gasteiger partial charge in [0, 0.05) is 123 Å². The van der Waals surface area contributed by atoms with Gasteiger partial charge in [0.15, 0.2) is 5.82 Å². The standard InChI is InChI=1S/C29H34FN7O6.C22H27N5O3.C9H11FN2O4.C7H7FN2O4.C5H8O2.C4H3FN2O2.CH4O.Na.H2O/c1-17(2)20-13-21(24(39)14-23(20)38)26(31)37(28(32)42)19-5-3-18(4-6-19)15-34-9-11-35(12-10-34)25(40)7-8-36-16-22(30)27(41)33-29(36)43;1-14(2)17-11-18(20(29)12-19(17)28)21-24-25-22(30)27(21)16-5-3-15(4-6-16)13-26-9-7-23-8-10-26;1-2-16-7(13)3-4-12-5-6(10)8(14)11-9(12)15;8-4-3-10(2-1-5(11)12)7(14)9-6(4)13;1-3-5(6)7-4-2;5-2-1-6-4(9)7-3(2)8;1-2;;/h3-6,13-14,16-17,31,38-39H,7-12,15H2,1-2H3,(H2,32,42)(H,33,41,43);3-6,11-12,14,23,28-29H,7-10,13H2,1-2H3,(H,25,30);5H,2-4H2,1H3,(H,11,14,15);3H,1-2H2,(H,11,12)(H,9,13,14);3H,1,4H2,2H3;1H,(H2,6,7,8,9);2H,1H3;;1H2/q;;;;;;;+1;/p-1. The van der Waals surface area contributed by atoms with Gasteiger partial charge in [0.05, 0.1) is 67.1 Å². The number of esters is 2. The number of carbonyl (C=O) groups is 5. The van der Waals surface area contributed by atoms with Crippen LogP contribution in [0.15, 0.2) is 153 Å². The fourth-order valence-electron chi connectivity index (χ4n) is 11.3. The van der Waals surface area contributed by atoms with Crippen molar-refractivity contribution in [2.75, 3.05) is 77.6 Å². The van der Waals surface area contributed by atoms with Crippen molar-refractivity contribution in [1.29, 1.82) is 5.41 Å². The molecule has 0 bridgehead atoms. The van der Waals surface area contributed by atoms with Gasteiger partial charge in [0.1, 0.15) is 28.8 Å². The van der Waals surface area contributed by atoms with Crippen LogP contribution in [0.1, 0.15) is 100 Å². The maximum Gasteiger partial charge on any atom is 1.00 e. The number of carboxylic acids is 1. The number of primary amides is 1. The topological polar surface area (TPSA) is 611 Å². The third kappa shape index (κ3) is 31.7. The van der Waals surface area contributed by atoms with Gasteiger partial charge in [-0.1, -0.05) is 58.5 Å². The molecular weight excluding hydrogens is 1640 g/mol. The SMILES string of the molecule is C=CC(=O)OCC.CC(C)c1cc(-c2n[nH]c(=O)n2-c2ccc(CN3CCNCC3)cc2)c(O)cc1O.CC(C)c1cc(C(=N)N(C(N)=O)c2ccc(CN3CCN(C(=O)CCn4cc(F)c(=O)[nH]c4=O)CC3)cc2)c(O)cc1O.CCOC(=O)CCn1cc(F)c(=O)[nH]c1=O.CO.O=C(O)CCn1cc(F)c(=O)[nH]c1=O.O=c1[nH]cc(F)c(=O)[nH]1.[Na+].[OH-]. The van der Waals surface area contributed by atoms with E-state index in [4.69, 9.17) is 21.4 Å². The van der Waals surface area contributed by atoms with Crippen molar-refractivity contribution in [3.8, 4) is 40.1 Å². The summed E-state index contributed by atoms with van der Waals surface area (Å²) in [6.07, 6.45) is 3.71. The number of amidine groups is 1. The van der Waals surface area contributed by atoms with E-state index in [0.29, 0.717) is 85.6 Å². The molecule has 5 aromatic heterocycles. The predicted molar refractivity (Wildman–Crippen MR) is 433 cm³/mol. The number of urea groups is 1. The largest absolute Gasteiger partial charge is 1.00 e. The van der Waals surface area contributed by atoms with Crippen molar-refractivity contribution in [2.24, 2.45) is 5.73 Å². The number of H-pyrrole nitrogens is 6. The van der Waals surface area contributed by atoms with E-state index in [1.54, 1.807) is 64.0 Å². The van der Waals surface area contributed by atoms with E-state index in [1.807, 2.05) is 61.9 Å².